The summed E-state index contributed by atoms with van der Waals surface area (Å²) in [7, 11) is 0. The normalized spacial score (nSPS) is 12.2. The van der Waals surface area contributed by atoms with Crippen molar-refractivity contribution >= 4 is 29.2 Å². The van der Waals surface area contributed by atoms with Gasteiger partial charge in [0.2, 0.25) is 0 Å². The molecule has 0 fully saturated rings. The van der Waals surface area contributed by atoms with Crippen LogP contribution in [0.5, 0.6) is 0 Å². The summed E-state index contributed by atoms with van der Waals surface area (Å²) < 4.78 is 19.8. The number of carbonyl (C=O) groups excluding carboxylic acids is 1. The minimum atomic E-state index is -0.493. The molecule has 0 aliphatic heterocycles. The van der Waals surface area contributed by atoms with Crippen molar-refractivity contribution in [2.24, 2.45) is 0 Å². The molecule has 0 saturated heterocycles. The van der Waals surface area contributed by atoms with E-state index in [2.05, 4.69) is 15.3 Å². The predicted molar refractivity (Wildman–Crippen MR) is 101 cm³/mol. The van der Waals surface area contributed by atoms with Crippen molar-refractivity contribution < 1.29 is 13.9 Å². The second-order valence-corrected chi connectivity index (χ2v) is 6.40. The smallest absolute Gasteiger partial charge is 0.253 e. The van der Waals surface area contributed by atoms with Crippen LogP contribution in [0.4, 0.5) is 4.39 Å². The number of amides is 1. The molecule has 3 rings (SSSR count). The second kappa shape index (κ2) is 8.25. The minimum Gasteiger partial charge on any atom is -0.374 e. The Hall–Kier alpha value is -2.51. The third-order valence-electron chi connectivity index (χ3n) is 4.08. The van der Waals surface area contributed by atoms with E-state index in [1.807, 2.05) is 37.3 Å². The molecule has 0 aliphatic carbocycles. The molecule has 0 radical (unpaired) electrons. The summed E-state index contributed by atoms with van der Waals surface area (Å²) in [5, 5.41) is 2.79. The lowest BCUT2D eigenvalue weighted by molar-refractivity contribution is 0.0635. The van der Waals surface area contributed by atoms with Crippen molar-refractivity contribution in [1.82, 2.24) is 15.3 Å². The number of rotatable bonds is 7. The Labute approximate surface area is 155 Å². The van der Waals surface area contributed by atoms with Gasteiger partial charge in [-0.25, -0.2) is 4.39 Å². The number of aromatic nitrogens is 2. The van der Waals surface area contributed by atoms with Gasteiger partial charge in [-0.15, -0.1) is 0 Å². The van der Waals surface area contributed by atoms with Crippen molar-refractivity contribution in [2.45, 2.75) is 19.4 Å². The van der Waals surface area contributed by atoms with Gasteiger partial charge >= 0.3 is 0 Å². The number of hydrogen-bond acceptors (Lipinski definition) is 3. The van der Waals surface area contributed by atoms with Crippen LogP contribution in [0, 0.1) is 10.6 Å². The van der Waals surface area contributed by atoms with Gasteiger partial charge < -0.3 is 20.0 Å². The Kier molecular flexibility index (Phi) is 5.80. The van der Waals surface area contributed by atoms with Gasteiger partial charge in [0.05, 0.1) is 22.7 Å². The van der Waals surface area contributed by atoms with E-state index in [1.165, 1.54) is 12.1 Å². The fourth-order valence-corrected chi connectivity index (χ4v) is 2.95. The molecule has 1 aromatic heterocycles. The van der Waals surface area contributed by atoms with E-state index in [9.17, 15) is 9.18 Å². The number of nitrogens with one attached hydrogen (secondary N) is 3. The van der Waals surface area contributed by atoms with Crippen LogP contribution in [0.2, 0.25) is 0 Å². The van der Waals surface area contributed by atoms with Crippen LogP contribution >= 0.6 is 12.2 Å². The third-order valence-corrected chi connectivity index (χ3v) is 4.28. The number of imidazole rings is 1. The van der Waals surface area contributed by atoms with Gasteiger partial charge in [-0.3, -0.25) is 4.79 Å². The molecular formula is C19H20FN3O2S. The van der Waals surface area contributed by atoms with Crippen molar-refractivity contribution in [1.29, 1.82) is 0 Å². The lowest BCUT2D eigenvalue weighted by Crippen LogP contribution is -2.25. The largest absolute Gasteiger partial charge is 0.374 e. The van der Waals surface area contributed by atoms with E-state index in [4.69, 9.17) is 17.0 Å². The average molecular weight is 373 g/mol. The molecule has 1 atom stereocenters. The molecule has 3 aromatic rings. The van der Waals surface area contributed by atoms with E-state index in [1.54, 1.807) is 0 Å². The molecule has 2 aromatic carbocycles. The molecule has 1 amide bonds. The van der Waals surface area contributed by atoms with Gasteiger partial charge in [0.1, 0.15) is 5.82 Å². The van der Waals surface area contributed by atoms with E-state index in [0.29, 0.717) is 35.4 Å². The number of halogens is 1. The highest BCUT2D eigenvalue weighted by molar-refractivity contribution is 7.71. The summed E-state index contributed by atoms with van der Waals surface area (Å²) in [4.78, 5) is 18.0. The van der Waals surface area contributed by atoms with Crippen LogP contribution < -0.4 is 5.32 Å². The third kappa shape index (κ3) is 4.36. The lowest BCUT2D eigenvalue weighted by atomic mass is 10.1. The maximum Gasteiger partial charge on any atom is 0.253 e. The predicted octanol–water partition coefficient (Wildman–Crippen LogP) is 4.26. The Morgan fingerprint density at radius 3 is 2.81 bits per heavy atom. The number of ether oxygens (including phenoxy) is 1. The summed E-state index contributed by atoms with van der Waals surface area (Å²) in [6, 6.07) is 12.4. The highest BCUT2D eigenvalue weighted by Crippen LogP contribution is 2.18. The minimum absolute atomic E-state index is 0.00493. The molecule has 1 unspecified atom stereocenters. The van der Waals surface area contributed by atoms with Crippen LogP contribution in [0.15, 0.2) is 42.5 Å². The lowest BCUT2D eigenvalue weighted by Gasteiger charge is -2.13. The van der Waals surface area contributed by atoms with Crippen LogP contribution in [0.25, 0.3) is 11.0 Å². The van der Waals surface area contributed by atoms with E-state index in [0.717, 1.165) is 5.56 Å². The van der Waals surface area contributed by atoms with Gasteiger partial charge in [-0.2, -0.15) is 0 Å². The maximum atomic E-state index is 13.7. The van der Waals surface area contributed by atoms with E-state index in [-0.39, 0.29) is 17.6 Å². The average Bonchev–Trinajstić information content (AvgIpc) is 3.00. The Morgan fingerprint density at radius 2 is 2.04 bits per heavy atom. The SMILES string of the molecule is CC(OCCCNC(=O)c1cc(F)cc2[nH]c(=S)[nH]c12)c1ccccc1. The molecule has 136 valence electrons. The first kappa shape index (κ1) is 18.3. The number of fused-ring (bicyclic) bond motifs is 1. The summed E-state index contributed by atoms with van der Waals surface area (Å²) in [5.74, 6) is -0.844. The maximum absolute atomic E-state index is 13.7. The summed E-state index contributed by atoms with van der Waals surface area (Å²) >= 11 is 5.01. The first-order valence-corrected chi connectivity index (χ1v) is 8.81. The van der Waals surface area contributed by atoms with Gasteiger partial charge in [0.15, 0.2) is 4.77 Å². The number of H-pyrrole nitrogens is 2. The second-order valence-electron chi connectivity index (χ2n) is 5.99. The van der Waals surface area contributed by atoms with Crippen molar-refractivity contribution in [2.75, 3.05) is 13.2 Å². The number of aromatic amines is 2. The molecule has 1 heterocycles. The van der Waals surface area contributed by atoms with Crippen LogP contribution in [-0.2, 0) is 4.74 Å². The molecule has 0 aliphatic rings. The fourth-order valence-electron chi connectivity index (χ4n) is 2.74. The number of carbonyl (C=O) groups is 1. The Balaban J connectivity index is 1.51. The van der Waals surface area contributed by atoms with Crippen LogP contribution in [0.1, 0.15) is 35.4 Å². The first-order valence-electron chi connectivity index (χ1n) is 8.41. The zero-order valence-electron chi connectivity index (χ0n) is 14.3. The van der Waals surface area contributed by atoms with Gasteiger partial charge in [0.25, 0.3) is 5.91 Å². The Bertz CT molecular complexity index is 952. The molecular weight excluding hydrogens is 353 g/mol. The molecule has 0 saturated carbocycles. The van der Waals surface area contributed by atoms with Gasteiger partial charge in [-0.05, 0) is 43.3 Å². The molecule has 0 spiro atoms. The van der Waals surface area contributed by atoms with Crippen molar-refractivity contribution in [3.05, 3.63) is 64.2 Å². The Morgan fingerprint density at radius 1 is 1.27 bits per heavy atom. The molecule has 3 N–H and O–H groups in total. The quantitative estimate of drug-likeness (QED) is 0.428. The zero-order chi connectivity index (χ0) is 18.5. The van der Waals surface area contributed by atoms with Crippen LogP contribution in [-0.4, -0.2) is 29.0 Å². The van der Waals surface area contributed by atoms with Gasteiger partial charge in [-0.1, -0.05) is 30.3 Å². The molecule has 7 heteroatoms. The van der Waals surface area contributed by atoms with Crippen molar-refractivity contribution in [3.63, 3.8) is 0 Å². The van der Waals surface area contributed by atoms with E-state index >= 15 is 0 Å². The summed E-state index contributed by atoms with van der Waals surface area (Å²) in [6.45, 7) is 2.94. The van der Waals surface area contributed by atoms with E-state index < -0.39 is 5.82 Å². The van der Waals surface area contributed by atoms with Crippen molar-refractivity contribution in [3.8, 4) is 0 Å². The number of hydrogen-bond donors (Lipinski definition) is 3. The monoisotopic (exact) mass is 373 g/mol. The van der Waals surface area contributed by atoms with Gasteiger partial charge in [0, 0.05) is 13.2 Å². The topological polar surface area (TPSA) is 69.9 Å². The number of benzene rings is 2. The molecule has 26 heavy (non-hydrogen) atoms. The summed E-state index contributed by atoms with van der Waals surface area (Å²) in [5.41, 5.74) is 2.32. The standard InChI is InChI=1S/C19H20FN3O2S/c1-12(13-6-3-2-4-7-13)25-9-5-8-21-18(24)15-10-14(20)11-16-17(15)23-19(26)22-16/h2-4,6-7,10-12H,5,8-9H2,1H3,(H,21,24)(H2,22,23,26). The zero-order valence-corrected chi connectivity index (χ0v) is 15.2. The molecule has 0 bridgehead atoms. The highest BCUT2D eigenvalue weighted by Gasteiger charge is 2.13. The molecule has 5 nitrogen and oxygen atoms in total. The first-order chi connectivity index (χ1) is 12.5. The van der Waals surface area contributed by atoms with Crippen LogP contribution in [0.3, 0.4) is 0 Å². The fraction of sp³-hybridized carbons (Fsp3) is 0.263. The summed E-state index contributed by atoms with van der Waals surface area (Å²) in [6.07, 6.45) is 0.652. The highest BCUT2D eigenvalue weighted by atomic mass is 32.1.